The van der Waals surface area contributed by atoms with E-state index in [1.54, 1.807) is 12.1 Å². The number of para-hydroxylation sites is 1. The normalized spacial score (nSPS) is 12.8. The molecule has 0 aliphatic rings. The molecule has 0 spiro atoms. The number of hydrogen-bond donors (Lipinski definition) is 1. The van der Waals surface area contributed by atoms with E-state index in [0.29, 0.717) is 21.9 Å². The standard InChI is InChI=1S/C16H12ClF2NO/c17-13-3-1-2-10-7-15(21-16(10)13)14(20)6-9-4-11(18)8-12(19)5-9/h1-5,7-8,14H,6,20H2. The van der Waals surface area contributed by atoms with E-state index in [-0.39, 0.29) is 6.42 Å². The zero-order chi connectivity index (χ0) is 15.0. The number of halogens is 3. The number of fused-ring (bicyclic) bond motifs is 1. The Morgan fingerprint density at radius 1 is 1.10 bits per heavy atom. The highest BCUT2D eigenvalue weighted by atomic mass is 35.5. The van der Waals surface area contributed by atoms with Crippen LogP contribution >= 0.6 is 11.6 Å². The third kappa shape index (κ3) is 2.91. The second-order valence-electron chi connectivity index (χ2n) is 4.90. The predicted octanol–water partition coefficient (Wildman–Crippen LogP) is 4.61. The Hall–Kier alpha value is -1.91. The summed E-state index contributed by atoms with van der Waals surface area (Å²) in [6.45, 7) is 0. The number of rotatable bonds is 3. The van der Waals surface area contributed by atoms with Crippen molar-refractivity contribution in [3.63, 3.8) is 0 Å². The molecular formula is C16H12ClF2NO. The van der Waals surface area contributed by atoms with E-state index in [0.717, 1.165) is 11.5 Å². The molecule has 0 amide bonds. The molecule has 21 heavy (non-hydrogen) atoms. The maximum absolute atomic E-state index is 13.2. The highest BCUT2D eigenvalue weighted by Gasteiger charge is 2.15. The van der Waals surface area contributed by atoms with Gasteiger partial charge in [-0.05, 0) is 36.2 Å². The lowest BCUT2D eigenvalue weighted by molar-refractivity contribution is 0.492. The van der Waals surface area contributed by atoms with Gasteiger partial charge in [0.1, 0.15) is 17.4 Å². The third-order valence-corrected chi connectivity index (χ3v) is 3.56. The summed E-state index contributed by atoms with van der Waals surface area (Å²) >= 11 is 6.04. The second-order valence-corrected chi connectivity index (χ2v) is 5.30. The monoisotopic (exact) mass is 307 g/mol. The molecule has 3 aromatic rings. The highest BCUT2D eigenvalue weighted by molar-refractivity contribution is 6.34. The van der Waals surface area contributed by atoms with Crippen LogP contribution in [0.2, 0.25) is 5.02 Å². The summed E-state index contributed by atoms with van der Waals surface area (Å²) in [5, 5.41) is 1.35. The van der Waals surface area contributed by atoms with Gasteiger partial charge in [-0.3, -0.25) is 0 Å². The first-order valence-electron chi connectivity index (χ1n) is 6.41. The SMILES string of the molecule is NC(Cc1cc(F)cc(F)c1)c1cc2cccc(Cl)c2o1. The number of nitrogens with two attached hydrogens (primary N) is 1. The summed E-state index contributed by atoms with van der Waals surface area (Å²) < 4.78 is 32.0. The molecule has 2 aromatic carbocycles. The van der Waals surface area contributed by atoms with Gasteiger partial charge in [-0.2, -0.15) is 0 Å². The minimum absolute atomic E-state index is 0.270. The van der Waals surface area contributed by atoms with E-state index in [1.165, 1.54) is 12.1 Å². The molecule has 0 radical (unpaired) electrons. The lowest BCUT2D eigenvalue weighted by atomic mass is 10.0. The van der Waals surface area contributed by atoms with Crippen LogP contribution in [0.25, 0.3) is 11.0 Å². The van der Waals surface area contributed by atoms with Crippen molar-refractivity contribution in [2.24, 2.45) is 5.73 Å². The fourth-order valence-electron chi connectivity index (χ4n) is 2.31. The van der Waals surface area contributed by atoms with Gasteiger partial charge in [0.2, 0.25) is 0 Å². The predicted molar refractivity (Wildman–Crippen MR) is 78.2 cm³/mol. The van der Waals surface area contributed by atoms with Gasteiger partial charge in [0.15, 0.2) is 5.58 Å². The minimum atomic E-state index is -0.621. The van der Waals surface area contributed by atoms with Crippen molar-refractivity contribution < 1.29 is 13.2 Å². The van der Waals surface area contributed by atoms with Crippen LogP contribution in [-0.4, -0.2) is 0 Å². The molecule has 1 atom stereocenters. The molecule has 3 rings (SSSR count). The Balaban J connectivity index is 1.89. The van der Waals surface area contributed by atoms with Gasteiger partial charge in [-0.25, -0.2) is 8.78 Å². The summed E-state index contributed by atoms with van der Waals surface area (Å²) in [5.74, 6) is -0.711. The molecule has 0 bridgehead atoms. The fourth-order valence-corrected chi connectivity index (χ4v) is 2.53. The molecule has 5 heteroatoms. The summed E-state index contributed by atoms with van der Waals surface area (Å²) in [6, 6.07) is 10.1. The van der Waals surface area contributed by atoms with Gasteiger partial charge in [-0.1, -0.05) is 23.7 Å². The molecule has 2 N–H and O–H groups in total. The molecule has 1 unspecified atom stereocenters. The summed E-state index contributed by atoms with van der Waals surface area (Å²) in [6.07, 6.45) is 0.270. The van der Waals surface area contributed by atoms with Crippen molar-refractivity contribution in [3.05, 3.63) is 70.4 Å². The van der Waals surface area contributed by atoms with Gasteiger partial charge in [0.25, 0.3) is 0 Å². The van der Waals surface area contributed by atoms with Crippen LogP contribution in [-0.2, 0) is 6.42 Å². The highest BCUT2D eigenvalue weighted by Crippen LogP contribution is 2.29. The molecule has 2 nitrogen and oxygen atoms in total. The average molecular weight is 308 g/mol. The summed E-state index contributed by atoms with van der Waals surface area (Å²) in [4.78, 5) is 0. The van der Waals surface area contributed by atoms with Crippen LogP contribution in [0.5, 0.6) is 0 Å². The van der Waals surface area contributed by atoms with Crippen LogP contribution in [0, 0.1) is 11.6 Å². The largest absolute Gasteiger partial charge is 0.458 e. The van der Waals surface area contributed by atoms with E-state index in [1.807, 2.05) is 12.1 Å². The third-order valence-electron chi connectivity index (χ3n) is 3.26. The van der Waals surface area contributed by atoms with E-state index in [2.05, 4.69) is 0 Å². The van der Waals surface area contributed by atoms with Gasteiger partial charge >= 0.3 is 0 Å². The van der Waals surface area contributed by atoms with Crippen molar-refractivity contribution in [3.8, 4) is 0 Å². The van der Waals surface area contributed by atoms with Gasteiger partial charge < -0.3 is 10.2 Å². The first kappa shape index (κ1) is 14.0. The van der Waals surface area contributed by atoms with Gasteiger partial charge in [0.05, 0.1) is 11.1 Å². The molecule has 0 fully saturated rings. The minimum Gasteiger partial charge on any atom is -0.458 e. The van der Waals surface area contributed by atoms with Crippen LogP contribution in [0.3, 0.4) is 0 Å². The zero-order valence-corrected chi connectivity index (χ0v) is 11.7. The maximum Gasteiger partial charge on any atom is 0.152 e. The second kappa shape index (κ2) is 5.47. The molecular weight excluding hydrogens is 296 g/mol. The molecule has 0 saturated carbocycles. The van der Waals surface area contributed by atoms with E-state index >= 15 is 0 Å². The van der Waals surface area contributed by atoms with Crippen LogP contribution in [0.15, 0.2) is 46.9 Å². The zero-order valence-electron chi connectivity index (χ0n) is 10.9. The Kier molecular flexibility index (Phi) is 3.66. The van der Waals surface area contributed by atoms with Gasteiger partial charge in [0, 0.05) is 11.5 Å². The molecule has 0 aliphatic carbocycles. The number of benzene rings is 2. The lowest BCUT2D eigenvalue weighted by Crippen LogP contribution is -2.12. The molecule has 0 aliphatic heterocycles. The molecule has 108 valence electrons. The smallest absolute Gasteiger partial charge is 0.152 e. The molecule has 0 saturated heterocycles. The Morgan fingerprint density at radius 2 is 1.81 bits per heavy atom. The quantitative estimate of drug-likeness (QED) is 0.767. The van der Waals surface area contributed by atoms with Crippen LogP contribution < -0.4 is 5.73 Å². The van der Waals surface area contributed by atoms with E-state index < -0.39 is 17.7 Å². The van der Waals surface area contributed by atoms with Crippen molar-refractivity contribution in [2.75, 3.05) is 0 Å². The van der Waals surface area contributed by atoms with Crippen LogP contribution in [0.4, 0.5) is 8.78 Å². The van der Waals surface area contributed by atoms with E-state index in [9.17, 15) is 8.78 Å². The Bertz CT molecular complexity index is 780. The van der Waals surface area contributed by atoms with Crippen molar-refractivity contribution in [1.29, 1.82) is 0 Å². The summed E-state index contributed by atoms with van der Waals surface area (Å²) in [7, 11) is 0. The van der Waals surface area contributed by atoms with Crippen molar-refractivity contribution in [1.82, 2.24) is 0 Å². The van der Waals surface area contributed by atoms with Crippen molar-refractivity contribution >= 4 is 22.6 Å². The Labute approximate surface area is 125 Å². The first-order chi connectivity index (χ1) is 10.0. The van der Waals surface area contributed by atoms with Gasteiger partial charge in [-0.15, -0.1) is 0 Å². The number of furan rings is 1. The summed E-state index contributed by atoms with van der Waals surface area (Å²) in [5.41, 5.74) is 7.10. The topological polar surface area (TPSA) is 39.2 Å². The van der Waals surface area contributed by atoms with Crippen LogP contribution in [0.1, 0.15) is 17.4 Å². The maximum atomic E-state index is 13.2. The first-order valence-corrected chi connectivity index (χ1v) is 6.79. The van der Waals surface area contributed by atoms with Crippen molar-refractivity contribution in [2.45, 2.75) is 12.5 Å². The average Bonchev–Trinajstić information content (AvgIpc) is 2.83. The fraction of sp³-hybridized carbons (Fsp3) is 0.125. The Morgan fingerprint density at radius 3 is 2.48 bits per heavy atom. The molecule has 1 heterocycles. The van der Waals surface area contributed by atoms with E-state index in [4.69, 9.17) is 21.8 Å². The lowest BCUT2D eigenvalue weighted by Gasteiger charge is -2.09. The molecule has 1 aromatic heterocycles. The number of hydrogen-bond acceptors (Lipinski definition) is 2.